The van der Waals surface area contributed by atoms with Gasteiger partial charge in [0.05, 0.1) is 0 Å². The van der Waals surface area contributed by atoms with Gasteiger partial charge in [0, 0.05) is 18.2 Å². The fourth-order valence-corrected chi connectivity index (χ4v) is 1.34. The van der Waals surface area contributed by atoms with Gasteiger partial charge in [0.15, 0.2) is 0 Å². The van der Waals surface area contributed by atoms with E-state index in [0.29, 0.717) is 12.2 Å². The summed E-state index contributed by atoms with van der Waals surface area (Å²) in [5.41, 5.74) is 7.23. The lowest BCUT2D eigenvalue weighted by molar-refractivity contribution is 0.626. The van der Waals surface area contributed by atoms with Crippen LogP contribution in [0.1, 0.15) is 11.3 Å². The van der Waals surface area contributed by atoms with Crippen molar-refractivity contribution >= 4 is 5.82 Å². The van der Waals surface area contributed by atoms with Gasteiger partial charge in [-0.3, -0.25) is 5.10 Å². The number of aromatic amines is 1. The highest BCUT2D eigenvalue weighted by Gasteiger charge is 2.00. The van der Waals surface area contributed by atoms with Crippen LogP contribution in [-0.4, -0.2) is 10.2 Å². The van der Waals surface area contributed by atoms with Gasteiger partial charge >= 0.3 is 0 Å². The second-order valence-corrected chi connectivity index (χ2v) is 3.12. The van der Waals surface area contributed by atoms with Gasteiger partial charge in [0.1, 0.15) is 11.6 Å². The number of hydrogen-bond acceptors (Lipinski definition) is 2. The summed E-state index contributed by atoms with van der Waals surface area (Å²) in [5.74, 6) is 0.228. The average Bonchev–Trinajstić information content (AvgIpc) is 2.51. The molecule has 2 aromatic rings. The van der Waals surface area contributed by atoms with E-state index in [9.17, 15) is 4.39 Å². The molecule has 0 saturated carbocycles. The van der Waals surface area contributed by atoms with E-state index >= 15 is 0 Å². The van der Waals surface area contributed by atoms with Crippen molar-refractivity contribution in [2.75, 3.05) is 5.73 Å². The minimum Gasteiger partial charge on any atom is -0.382 e. The summed E-state index contributed by atoms with van der Waals surface area (Å²) < 4.78 is 12.8. The fraction of sp³-hybridized carbons (Fsp3) is 0.100. The van der Waals surface area contributed by atoms with Crippen molar-refractivity contribution in [2.45, 2.75) is 6.42 Å². The van der Waals surface area contributed by atoms with Crippen molar-refractivity contribution in [3.8, 4) is 0 Å². The van der Waals surface area contributed by atoms with Crippen molar-refractivity contribution in [3.63, 3.8) is 0 Å². The molecule has 0 atom stereocenters. The highest BCUT2D eigenvalue weighted by Crippen LogP contribution is 2.10. The smallest absolute Gasteiger partial charge is 0.145 e. The van der Waals surface area contributed by atoms with Crippen molar-refractivity contribution in [3.05, 3.63) is 47.4 Å². The van der Waals surface area contributed by atoms with Crippen LogP contribution in [0, 0.1) is 5.82 Å². The number of hydrogen-bond donors (Lipinski definition) is 2. The van der Waals surface area contributed by atoms with Gasteiger partial charge in [0.2, 0.25) is 0 Å². The predicted octanol–water partition coefficient (Wildman–Crippen LogP) is 1.72. The molecule has 0 bridgehead atoms. The number of nitrogens with zero attached hydrogens (tertiary/aromatic N) is 1. The van der Waals surface area contributed by atoms with E-state index in [4.69, 9.17) is 5.73 Å². The van der Waals surface area contributed by atoms with Crippen molar-refractivity contribution in [1.29, 1.82) is 0 Å². The quantitative estimate of drug-likeness (QED) is 0.759. The first-order valence-corrected chi connectivity index (χ1v) is 4.28. The maximum Gasteiger partial charge on any atom is 0.145 e. The third kappa shape index (κ3) is 1.90. The number of nitrogens with one attached hydrogen (secondary N) is 1. The van der Waals surface area contributed by atoms with Crippen LogP contribution in [0.5, 0.6) is 0 Å². The molecular formula is C10H10FN3. The molecule has 0 fully saturated rings. The number of benzene rings is 1. The summed E-state index contributed by atoms with van der Waals surface area (Å²) in [7, 11) is 0. The largest absolute Gasteiger partial charge is 0.382 e. The number of nitrogens with two attached hydrogens (primary N) is 1. The minimum absolute atomic E-state index is 0.227. The van der Waals surface area contributed by atoms with Crippen molar-refractivity contribution in [1.82, 2.24) is 10.2 Å². The SMILES string of the molecule is Nc1cc(Cc2cccc(F)c2)[nH]n1. The van der Waals surface area contributed by atoms with Gasteiger partial charge in [-0.15, -0.1) is 0 Å². The predicted molar refractivity (Wildman–Crippen MR) is 52.2 cm³/mol. The molecule has 0 aliphatic carbocycles. The standard InChI is InChI=1S/C10H10FN3/c11-8-3-1-2-7(4-8)5-9-6-10(12)14-13-9/h1-4,6H,5H2,(H3,12,13,14). The van der Waals surface area contributed by atoms with Crippen LogP contribution in [0.4, 0.5) is 10.2 Å². The fourth-order valence-electron chi connectivity index (χ4n) is 1.34. The second-order valence-electron chi connectivity index (χ2n) is 3.12. The van der Waals surface area contributed by atoms with Crippen molar-refractivity contribution < 1.29 is 4.39 Å². The molecular weight excluding hydrogens is 181 g/mol. The zero-order chi connectivity index (χ0) is 9.97. The van der Waals surface area contributed by atoms with E-state index in [2.05, 4.69) is 10.2 Å². The zero-order valence-electron chi connectivity index (χ0n) is 7.50. The first-order valence-electron chi connectivity index (χ1n) is 4.28. The van der Waals surface area contributed by atoms with E-state index in [-0.39, 0.29) is 5.82 Å². The molecule has 3 nitrogen and oxygen atoms in total. The molecule has 0 aliphatic heterocycles. The third-order valence-corrected chi connectivity index (χ3v) is 1.93. The van der Waals surface area contributed by atoms with E-state index in [0.717, 1.165) is 11.3 Å². The third-order valence-electron chi connectivity index (χ3n) is 1.93. The summed E-state index contributed by atoms with van der Waals surface area (Å²) in [6.45, 7) is 0. The van der Waals surface area contributed by atoms with E-state index in [1.807, 2.05) is 6.07 Å². The molecule has 0 spiro atoms. The Bertz CT molecular complexity index is 436. The van der Waals surface area contributed by atoms with Crippen molar-refractivity contribution in [2.24, 2.45) is 0 Å². The molecule has 0 radical (unpaired) electrons. The van der Waals surface area contributed by atoms with Crippen LogP contribution >= 0.6 is 0 Å². The summed E-state index contributed by atoms with van der Waals surface area (Å²) >= 11 is 0. The molecule has 72 valence electrons. The van der Waals surface area contributed by atoms with Crippen LogP contribution in [0.3, 0.4) is 0 Å². The highest BCUT2D eigenvalue weighted by molar-refractivity contribution is 5.31. The van der Waals surface area contributed by atoms with Gasteiger partial charge in [-0.25, -0.2) is 4.39 Å². The maximum atomic E-state index is 12.8. The Morgan fingerprint density at radius 2 is 2.21 bits per heavy atom. The summed E-state index contributed by atoms with van der Waals surface area (Å²) in [6, 6.07) is 8.21. The maximum absolute atomic E-state index is 12.8. The molecule has 1 aromatic heterocycles. The molecule has 3 N–H and O–H groups in total. The van der Waals surface area contributed by atoms with Gasteiger partial charge in [-0.05, 0) is 17.7 Å². The van der Waals surface area contributed by atoms with Gasteiger partial charge < -0.3 is 5.73 Å². The Kier molecular flexibility index (Phi) is 2.18. The molecule has 1 heterocycles. The van der Waals surface area contributed by atoms with E-state index < -0.39 is 0 Å². The zero-order valence-corrected chi connectivity index (χ0v) is 7.50. The molecule has 0 amide bonds. The Labute approximate surface area is 80.8 Å². The molecule has 0 saturated heterocycles. The Morgan fingerprint density at radius 1 is 1.36 bits per heavy atom. The average molecular weight is 191 g/mol. The lowest BCUT2D eigenvalue weighted by Gasteiger charge is -1.97. The van der Waals surface area contributed by atoms with Crippen LogP contribution in [0.15, 0.2) is 30.3 Å². The number of anilines is 1. The normalized spacial score (nSPS) is 10.4. The van der Waals surface area contributed by atoms with Crippen LogP contribution in [0.2, 0.25) is 0 Å². The molecule has 4 heteroatoms. The number of rotatable bonds is 2. The van der Waals surface area contributed by atoms with Crippen LogP contribution in [-0.2, 0) is 6.42 Å². The van der Waals surface area contributed by atoms with Crippen LogP contribution in [0.25, 0.3) is 0 Å². The topological polar surface area (TPSA) is 54.7 Å². The number of nitrogen functional groups attached to an aromatic ring is 1. The second kappa shape index (κ2) is 3.49. The lowest BCUT2D eigenvalue weighted by atomic mass is 10.1. The lowest BCUT2D eigenvalue weighted by Crippen LogP contribution is -1.89. The van der Waals surface area contributed by atoms with Crippen LogP contribution < -0.4 is 5.73 Å². The van der Waals surface area contributed by atoms with Gasteiger partial charge in [0.25, 0.3) is 0 Å². The summed E-state index contributed by atoms with van der Waals surface area (Å²) in [4.78, 5) is 0. The monoisotopic (exact) mass is 191 g/mol. The van der Waals surface area contributed by atoms with Gasteiger partial charge in [-0.1, -0.05) is 12.1 Å². The molecule has 1 aromatic carbocycles. The number of H-pyrrole nitrogens is 1. The number of aromatic nitrogens is 2. The molecule has 14 heavy (non-hydrogen) atoms. The summed E-state index contributed by atoms with van der Waals surface area (Å²) in [6.07, 6.45) is 0.613. The molecule has 0 aliphatic rings. The first-order chi connectivity index (χ1) is 6.74. The van der Waals surface area contributed by atoms with Gasteiger partial charge in [-0.2, -0.15) is 5.10 Å². The first kappa shape index (κ1) is 8.74. The highest BCUT2D eigenvalue weighted by atomic mass is 19.1. The Balaban J connectivity index is 2.18. The summed E-state index contributed by atoms with van der Waals surface area (Å²) in [5, 5.41) is 6.57. The van der Waals surface area contributed by atoms with E-state index in [1.54, 1.807) is 12.1 Å². The Hall–Kier alpha value is -1.84. The van der Waals surface area contributed by atoms with E-state index in [1.165, 1.54) is 12.1 Å². The molecule has 0 unspecified atom stereocenters. The Morgan fingerprint density at radius 3 is 2.86 bits per heavy atom. The molecule has 2 rings (SSSR count). The minimum atomic E-state index is -0.227. The number of halogens is 1.